The van der Waals surface area contributed by atoms with Gasteiger partial charge in [0, 0.05) is 19.1 Å². The highest BCUT2D eigenvalue weighted by molar-refractivity contribution is 5.80. The number of carboxylic acids is 1. The fourth-order valence-electron chi connectivity index (χ4n) is 2.01. The van der Waals surface area contributed by atoms with Gasteiger partial charge in [0.1, 0.15) is 6.54 Å². The third kappa shape index (κ3) is 4.55. The number of urea groups is 1. The smallest absolute Gasteiger partial charge is 0.323 e. The number of amides is 2. The van der Waals surface area contributed by atoms with E-state index in [0.29, 0.717) is 12.6 Å². The number of carbonyl (C=O) groups is 2. The zero-order valence-corrected chi connectivity index (χ0v) is 11.4. The molecule has 1 saturated carbocycles. The number of rotatable bonds is 8. The van der Waals surface area contributed by atoms with Crippen LogP contribution in [0, 0.1) is 0 Å². The summed E-state index contributed by atoms with van der Waals surface area (Å²) in [5.41, 5.74) is 0. The summed E-state index contributed by atoms with van der Waals surface area (Å²) >= 11 is 0. The zero-order chi connectivity index (χ0) is 13.5. The molecule has 0 bridgehead atoms. The summed E-state index contributed by atoms with van der Waals surface area (Å²) < 4.78 is 0. The van der Waals surface area contributed by atoms with Crippen LogP contribution in [0.2, 0.25) is 0 Å². The Morgan fingerprint density at radius 3 is 2.28 bits per heavy atom. The van der Waals surface area contributed by atoms with Crippen LogP contribution in [0.3, 0.4) is 0 Å². The Labute approximate surface area is 109 Å². The van der Waals surface area contributed by atoms with E-state index in [0.717, 1.165) is 38.6 Å². The molecule has 2 amide bonds. The molecule has 0 spiro atoms. The summed E-state index contributed by atoms with van der Waals surface area (Å²) in [6.07, 6.45) is 4.93. The normalized spacial score (nSPS) is 14.3. The number of carbonyl (C=O) groups excluding carboxylic acids is 1. The molecular weight excluding hydrogens is 232 g/mol. The minimum absolute atomic E-state index is 0.102. The average Bonchev–Trinajstić information content (AvgIpc) is 3.12. The molecule has 0 unspecified atom stereocenters. The highest BCUT2D eigenvalue weighted by Gasteiger charge is 2.34. The predicted molar refractivity (Wildman–Crippen MR) is 69.5 cm³/mol. The summed E-state index contributed by atoms with van der Waals surface area (Å²) in [7, 11) is 0. The number of nitrogens with zero attached hydrogens (tertiary/aromatic N) is 2. The molecule has 5 nitrogen and oxygen atoms in total. The summed E-state index contributed by atoms with van der Waals surface area (Å²) in [5.74, 6) is -0.942. The lowest BCUT2D eigenvalue weighted by Crippen LogP contribution is -2.47. The van der Waals surface area contributed by atoms with Crippen LogP contribution in [-0.2, 0) is 4.79 Å². The van der Waals surface area contributed by atoms with Gasteiger partial charge in [0.25, 0.3) is 0 Å². The molecule has 1 aliphatic carbocycles. The van der Waals surface area contributed by atoms with Gasteiger partial charge >= 0.3 is 12.0 Å². The van der Waals surface area contributed by atoms with Gasteiger partial charge in [0.15, 0.2) is 0 Å². The second-order valence-corrected chi connectivity index (χ2v) is 4.88. The number of unbranched alkanes of at least 4 members (excludes halogenated alkanes) is 1. The molecule has 104 valence electrons. The second kappa shape index (κ2) is 7.24. The van der Waals surface area contributed by atoms with Gasteiger partial charge in [0.05, 0.1) is 0 Å². The van der Waals surface area contributed by atoms with Crippen molar-refractivity contribution in [3.05, 3.63) is 0 Å². The van der Waals surface area contributed by atoms with Crippen molar-refractivity contribution in [2.45, 2.75) is 52.0 Å². The predicted octanol–water partition coefficient (Wildman–Crippen LogP) is 2.17. The maximum absolute atomic E-state index is 12.3. The molecule has 1 fully saturated rings. The number of aliphatic carboxylic acids is 1. The van der Waals surface area contributed by atoms with Crippen molar-refractivity contribution in [2.75, 3.05) is 19.6 Å². The number of hydrogen-bond acceptors (Lipinski definition) is 2. The van der Waals surface area contributed by atoms with Crippen LogP contribution in [0.4, 0.5) is 4.79 Å². The first-order valence-corrected chi connectivity index (χ1v) is 6.87. The molecule has 0 aromatic carbocycles. The van der Waals surface area contributed by atoms with Gasteiger partial charge in [-0.1, -0.05) is 20.3 Å². The van der Waals surface area contributed by atoms with Crippen LogP contribution in [0.5, 0.6) is 0 Å². The van der Waals surface area contributed by atoms with E-state index in [1.807, 2.05) is 11.8 Å². The largest absolute Gasteiger partial charge is 0.480 e. The Morgan fingerprint density at radius 1 is 1.17 bits per heavy atom. The molecule has 0 saturated heterocycles. The Bertz CT molecular complexity index is 290. The topological polar surface area (TPSA) is 60.9 Å². The molecule has 0 radical (unpaired) electrons. The van der Waals surface area contributed by atoms with E-state index in [-0.39, 0.29) is 12.6 Å². The molecule has 0 aliphatic heterocycles. The van der Waals surface area contributed by atoms with Crippen LogP contribution in [0.25, 0.3) is 0 Å². The fourth-order valence-corrected chi connectivity index (χ4v) is 2.01. The minimum atomic E-state index is -0.942. The minimum Gasteiger partial charge on any atom is -0.480 e. The third-order valence-corrected chi connectivity index (χ3v) is 3.08. The summed E-state index contributed by atoms with van der Waals surface area (Å²) in [5, 5.41) is 8.86. The van der Waals surface area contributed by atoms with Crippen LogP contribution in [0.1, 0.15) is 46.0 Å². The van der Waals surface area contributed by atoms with E-state index in [9.17, 15) is 9.59 Å². The average molecular weight is 256 g/mol. The van der Waals surface area contributed by atoms with Gasteiger partial charge in [-0.3, -0.25) is 4.79 Å². The van der Waals surface area contributed by atoms with Gasteiger partial charge in [-0.05, 0) is 25.7 Å². The Kier molecular flexibility index (Phi) is 5.95. The van der Waals surface area contributed by atoms with Crippen LogP contribution in [0.15, 0.2) is 0 Å². The molecule has 5 heteroatoms. The van der Waals surface area contributed by atoms with Crippen molar-refractivity contribution >= 4 is 12.0 Å². The quantitative estimate of drug-likeness (QED) is 0.724. The van der Waals surface area contributed by atoms with Gasteiger partial charge in [-0.25, -0.2) is 4.79 Å². The molecule has 1 rings (SSSR count). The molecule has 0 atom stereocenters. The third-order valence-electron chi connectivity index (χ3n) is 3.08. The van der Waals surface area contributed by atoms with Gasteiger partial charge in [-0.2, -0.15) is 0 Å². The standard InChI is InChI=1S/C13H24N2O3/c1-3-5-9-15(11-6-7-11)13(18)14(8-4-2)10-12(16)17/h11H,3-10H2,1-2H3,(H,16,17). The number of hydrogen-bond donors (Lipinski definition) is 1. The second-order valence-electron chi connectivity index (χ2n) is 4.88. The van der Waals surface area contributed by atoms with Crippen molar-refractivity contribution in [2.24, 2.45) is 0 Å². The lowest BCUT2D eigenvalue weighted by Gasteiger charge is -2.29. The fraction of sp³-hybridized carbons (Fsp3) is 0.846. The first-order valence-electron chi connectivity index (χ1n) is 6.87. The Morgan fingerprint density at radius 2 is 1.83 bits per heavy atom. The maximum atomic E-state index is 12.3. The lowest BCUT2D eigenvalue weighted by molar-refractivity contribution is -0.137. The van der Waals surface area contributed by atoms with E-state index in [1.54, 1.807) is 0 Å². The van der Waals surface area contributed by atoms with E-state index in [1.165, 1.54) is 4.90 Å². The molecular formula is C13H24N2O3. The van der Waals surface area contributed by atoms with Gasteiger partial charge in [0.2, 0.25) is 0 Å². The van der Waals surface area contributed by atoms with Crippen molar-refractivity contribution in [3.63, 3.8) is 0 Å². The van der Waals surface area contributed by atoms with E-state index in [4.69, 9.17) is 5.11 Å². The zero-order valence-electron chi connectivity index (χ0n) is 11.4. The summed E-state index contributed by atoms with van der Waals surface area (Å²) in [6.45, 7) is 5.12. The van der Waals surface area contributed by atoms with Crippen LogP contribution in [-0.4, -0.2) is 52.6 Å². The van der Waals surface area contributed by atoms with Crippen molar-refractivity contribution in [1.29, 1.82) is 0 Å². The van der Waals surface area contributed by atoms with Gasteiger partial charge < -0.3 is 14.9 Å². The monoisotopic (exact) mass is 256 g/mol. The first-order chi connectivity index (χ1) is 8.60. The SMILES string of the molecule is CCCCN(C(=O)N(CCC)CC(=O)O)C1CC1. The Balaban J connectivity index is 2.61. The van der Waals surface area contributed by atoms with E-state index >= 15 is 0 Å². The van der Waals surface area contributed by atoms with Crippen LogP contribution >= 0.6 is 0 Å². The molecule has 1 N–H and O–H groups in total. The van der Waals surface area contributed by atoms with E-state index < -0.39 is 5.97 Å². The molecule has 0 aromatic rings. The maximum Gasteiger partial charge on any atom is 0.323 e. The summed E-state index contributed by atoms with van der Waals surface area (Å²) in [6, 6.07) is 0.243. The van der Waals surface area contributed by atoms with Crippen molar-refractivity contribution in [1.82, 2.24) is 9.80 Å². The van der Waals surface area contributed by atoms with Crippen molar-refractivity contribution in [3.8, 4) is 0 Å². The lowest BCUT2D eigenvalue weighted by atomic mass is 10.3. The highest BCUT2D eigenvalue weighted by atomic mass is 16.4. The Hall–Kier alpha value is -1.26. The highest BCUT2D eigenvalue weighted by Crippen LogP contribution is 2.28. The molecule has 0 heterocycles. The van der Waals surface area contributed by atoms with E-state index in [2.05, 4.69) is 6.92 Å². The first kappa shape index (κ1) is 14.8. The molecule has 1 aliphatic rings. The molecule has 0 aromatic heterocycles. The molecule has 18 heavy (non-hydrogen) atoms. The summed E-state index contributed by atoms with van der Waals surface area (Å²) in [4.78, 5) is 26.5. The van der Waals surface area contributed by atoms with Gasteiger partial charge in [-0.15, -0.1) is 0 Å². The van der Waals surface area contributed by atoms with Crippen LogP contribution < -0.4 is 0 Å². The number of carboxylic acid groups (broad SMARTS) is 1. The van der Waals surface area contributed by atoms with Crippen molar-refractivity contribution < 1.29 is 14.7 Å².